The van der Waals surface area contributed by atoms with Crippen molar-refractivity contribution >= 4 is 15.9 Å². The van der Waals surface area contributed by atoms with Crippen LogP contribution >= 0.6 is 0 Å². The van der Waals surface area contributed by atoms with Crippen LogP contribution in [0, 0.1) is 26.7 Å². The number of carbonyl (C=O) groups is 1. The molecular weight excluding hydrogens is 326 g/mol. The Bertz CT molecular complexity index is 693. The maximum atomic E-state index is 13.1. The van der Waals surface area contributed by atoms with E-state index in [0.717, 1.165) is 16.7 Å². The largest absolute Gasteiger partial charge is 0.355 e. The molecule has 1 aromatic rings. The minimum absolute atomic E-state index is 0.113. The molecule has 6 nitrogen and oxygen atoms in total. The van der Waals surface area contributed by atoms with E-state index in [9.17, 15) is 13.2 Å². The molecule has 24 heavy (non-hydrogen) atoms. The van der Waals surface area contributed by atoms with Gasteiger partial charge in [0, 0.05) is 26.2 Å². The highest BCUT2D eigenvalue weighted by Gasteiger charge is 2.34. The molecule has 1 aromatic carbocycles. The van der Waals surface area contributed by atoms with Gasteiger partial charge in [0.25, 0.3) is 0 Å². The molecule has 1 atom stereocenters. The molecule has 0 saturated carbocycles. The number of aryl methyl sites for hydroxylation is 3. The third-order valence-corrected chi connectivity index (χ3v) is 6.57. The van der Waals surface area contributed by atoms with Crippen LogP contribution in [0.3, 0.4) is 0 Å². The second kappa shape index (κ2) is 7.63. The van der Waals surface area contributed by atoms with Gasteiger partial charge in [0.15, 0.2) is 0 Å². The predicted molar refractivity (Wildman–Crippen MR) is 94.2 cm³/mol. The van der Waals surface area contributed by atoms with Gasteiger partial charge in [-0.2, -0.15) is 4.31 Å². The second-order valence-corrected chi connectivity index (χ2v) is 8.38. The Balaban J connectivity index is 2.25. The number of hydrogen-bond donors (Lipinski definition) is 2. The average Bonchev–Trinajstić information content (AvgIpc) is 2.51. The average molecular weight is 353 g/mol. The first kappa shape index (κ1) is 18.9. The zero-order valence-electron chi connectivity index (χ0n) is 14.6. The van der Waals surface area contributed by atoms with E-state index in [0.29, 0.717) is 37.4 Å². The zero-order valence-corrected chi connectivity index (χ0v) is 15.4. The van der Waals surface area contributed by atoms with Crippen LogP contribution in [0.2, 0.25) is 0 Å². The highest BCUT2D eigenvalue weighted by atomic mass is 32.2. The molecule has 0 aromatic heterocycles. The van der Waals surface area contributed by atoms with E-state index < -0.39 is 10.0 Å². The van der Waals surface area contributed by atoms with Crippen molar-refractivity contribution in [1.82, 2.24) is 9.62 Å². The Morgan fingerprint density at radius 1 is 1.29 bits per heavy atom. The van der Waals surface area contributed by atoms with Crippen molar-refractivity contribution < 1.29 is 13.2 Å². The minimum atomic E-state index is -3.60. The maximum Gasteiger partial charge on any atom is 0.243 e. The Kier molecular flexibility index (Phi) is 6.01. The van der Waals surface area contributed by atoms with Crippen molar-refractivity contribution in [3.05, 3.63) is 28.8 Å². The summed E-state index contributed by atoms with van der Waals surface area (Å²) in [6.45, 7) is 7.07. The quantitative estimate of drug-likeness (QED) is 0.829. The van der Waals surface area contributed by atoms with Crippen LogP contribution in [0.15, 0.2) is 17.0 Å². The number of amides is 1. The Morgan fingerprint density at radius 2 is 1.92 bits per heavy atom. The van der Waals surface area contributed by atoms with Crippen LogP contribution < -0.4 is 11.1 Å². The van der Waals surface area contributed by atoms with Gasteiger partial charge < -0.3 is 11.1 Å². The molecule has 1 aliphatic rings. The fourth-order valence-electron chi connectivity index (χ4n) is 3.42. The van der Waals surface area contributed by atoms with Crippen LogP contribution in [-0.2, 0) is 14.8 Å². The predicted octanol–water partition coefficient (Wildman–Crippen LogP) is 1.09. The van der Waals surface area contributed by atoms with Gasteiger partial charge in [0.2, 0.25) is 15.9 Å². The van der Waals surface area contributed by atoms with Crippen LogP contribution in [0.4, 0.5) is 0 Å². The number of nitrogens with one attached hydrogen (secondary N) is 1. The van der Waals surface area contributed by atoms with Crippen molar-refractivity contribution in [2.45, 2.75) is 38.5 Å². The zero-order chi connectivity index (χ0) is 17.9. The molecule has 2 rings (SSSR count). The number of rotatable bonds is 5. The molecule has 1 unspecified atom stereocenters. The van der Waals surface area contributed by atoms with Crippen molar-refractivity contribution in [2.75, 3.05) is 26.2 Å². The molecular formula is C17H27N3O3S. The molecule has 7 heteroatoms. The molecule has 0 radical (unpaired) electrons. The first-order valence-corrected chi connectivity index (χ1v) is 9.77. The SMILES string of the molecule is Cc1cc(C)c(S(=O)(=O)N2CCCC(C(=O)NCCN)C2)c(C)c1. The van der Waals surface area contributed by atoms with E-state index in [1.165, 1.54) is 4.31 Å². The summed E-state index contributed by atoms with van der Waals surface area (Å²) in [5.41, 5.74) is 7.95. The molecule has 0 bridgehead atoms. The second-order valence-electron chi connectivity index (χ2n) is 6.51. The van der Waals surface area contributed by atoms with Crippen LogP contribution in [0.25, 0.3) is 0 Å². The van der Waals surface area contributed by atoms with E-state index >= 15 is 0 Å². The molecule has 1 fully saturated rings. The highest BCUT2D eigenvalue weighted by molar-refractivity contribution is 7.89. The Hall–Kier alpha value is -1.44. The van der Waals surface area contributed by atoms with Crippen molar-refractivity contribution in [3.8, 4) is 0 Å². The van der Waals surface area contributed by atoms with E-state index in [-0.39, 0.29) is 18.4 Å². The highest BCUT2D eigenvalue weighted by Crippen LogP contribution is 2.28. The Labute approximate surface area is 144 Å². The third kappa shape index (κ3) is 3.96. The van der Waals surface area contributed by atoms with Gasteiger partial charge in [0.05, 0.1) is 10.8 Å². The summed E-state index contributed by atoms with van der Waals surface area (Å²) in [6, 6.07) is 3.77. The van der Waals surface area contributed by atoms with Gasteiger partial charge in [-0.1, -0.05) is 17.7 Å². The van der Waals surface area contributed by atoms with E-state index in [4.69, 9.17) is 5.73 Å². The molecule has 134 valence electrons. The number of carbonyl (C=O) groups excluding carboxylic acids is 1. The minimum Gasteiger partial charge on any atom is -0.355 e. The summed E-state index contributed by atoms with van der Waals surface area (Å²) >= 11 is 0. The third-order valence-electron chi connectivity index (χ3n) is 4.40. The summed E-state index contributed by atoms with van der Waals surface area (Å²) in [5.74, 6) is -0.427. The maximum absolute atomic E-state index is 13.1. The topological polar surface area (TPSA) is 92.5 Å². The molecule has 3 N–H and O–H groups in total. The van der Waals surface area contributed by atoms with Gasteiger partial charge in [-0.25, -0.2) is 8.42 Å². The van der Waals surface area contributed by atoms with Crippen LogP contribution in [0.1, 0.15) is 29.5 Å². The first-order valence-electron chi connectivity index (χ1n) is 8.33. The fraction of sp³-hybridized carbons (Fsp3) is 0.588. The van der Waals surface area contributed by atoms with E-state index in [1.807, 2.05) is 32.9 Å². The molecule has 1 heterocycles. The van der Waals surface area contributed by atoms with E-state index in [1.54, 1.807) is 0 Å². The normalized spacial score (nSPS) is 19.2. The van der Waals surface area contributed by atoms with Crippen molar-refractivity contribution in [2.24, 2.45) is 11.7 Å². The number of nitrogens with two attached hydrogens (primary N) is 1. The van der Waals surface area contributed by atoms with Crippen molar-refractivity contribution in [3.63, 3.8) is 0 Å². The van der Waals surface area contributed by atoms with Gasteiger partial charge in [0.1, 0.15) is 0 Å². The van der Waals surface area contributed by atoms with Gasteiger partial charge >= 0.3 is 0 Å². The molecule has 1 saturated heterocycles. The summed E-state index contributed by atoms with van der Waals surface area (Å²) in [5, 5.41) is 2.76. The number of benzene rings is 1. The van der Waals surface area contributed by atoms with Crippen LogP contribution in [0.5, 0.6) is 0 Å². The number of nitrogens with zero attached hydrogens (tertiary/aromatic N) is 1. The molecule has 0 spiro atoms. The summed E-state index contributed by atoms with van der Waals surface area (Å²) < 4.78 is 27.6. The summed E-state index contributed by atoms with van der Waals surface area (Å²) in [6.07, 6.45) is 1.39. The van der Waals surface area contributed by atoms with Gasteiger partial charge in [-0.15, -0.1) is 0 Å². The lowest BCUT2D eigenvalue weighted by atomic mass is 9.99. The lowest BCUT2D eigenvalue weighted by Crippen LogP contribution is -2.46. The number of sulfonamides is 1. The van der Waals surface area contributed by atoms with Gasteiger partial charge in [-0.3, -0.25) is 4.79 Å². The standard InChI is InChI=1S/C17H27N3O3S/c1-12-9-13(2)16(14(3)10-12)24(22,23)20-8-4-5-15(11-20)17(21)19-7-6-18/h9-10,15H,4-8,11,18H2,1-3H3,(H,19,21). The molecule has 1 amide bonds. The molecule has 1 aliphatic heterocycles. The van der Waals surface area contributed by atoms with Crippen LogP contribution in [-0.4, -0.2) is 44.8 Å². The molecule has 0 aliphatic carbocycles. The van der Waals surface area contributed by atoms with E-state index in [2.05, 4.69) is 5.32 Å². The lowest BCUT2D eigenvalue weighted by Gasteiger charge is -2.32. The number of hydrogen-bond acceptors (Lipinski definition) is 4. The first-order chi connectivity index (χ1) is 11.3. The number of piperidine rings is 1. The smallest absolute Gasteiger partial charge is 0.243 e. The lowest BCUT2D eigenvalue weighted by molar-refractivity contribution is -0.126. The fourth-order valence-corrected chi connectivity index (χ4v) is 5.35. The van der Waals surface area contributed by atoms with Crippen molar-refractivity contribution in [1.29, 1.82) is 0 Å². The van der Waals surface area contributed by atoms with Gasteiger partial charge in [-0.05, 0) is 44.7 Å². The Morgan fingerprint density at radius 3 is 2.50 bits per heavy atom. The summed E-state index contributed by atoms with van der Waals surface area (Å²) in [4.78, 5) is 12.5. The monoisotopic (exact) mass is 353 g/mol. The summed E-state index contributed by atoms with van der Waals surface area (Å²) in [7, 11) is -3.60.